The number of rotatable bonds is 5. The maximum atomic E-state index is 2.45. The molecule has 0 unspecified atom stereocenters. The Labute approximate surface area is 313 Å². The van der Waals surface area contributed by atoms with Crippen LogP contribution in [0, 0.1) is 0 Å². The predicted octanol–water partition coefficient (Wildman–Crippen LogP) is 14.0. The third-order valence-corrected chi connectivity index (χ3v) is 11.1. The van der Waals surface area contributed by atoms with E-state index < -0.39 is 0 Å². The minimum atomic E-state index is 1.17. The molecule has 0 aliphatic rings. The van der Waals surface area contributed by atoms with E-state index in [9.17, 15) is 0 Å². The van der Waals surface area contributed by atoms with E-state index in [1.165, 1.54) is 99.1 Å². The third kappa shape index (κ3) is 4.81. The Morgan fingerprint density at radius 2 is 0.778 bits per heavy atom. The fourth-order valence-corrected chi connectivity index (χ4v) is 8.57. The van der Waals surface area contributed by atoms with Gasteiger partial charge in [-0.1, -0.05) is 140 Å². The number of nitrogens with zero attached hydrogens (tertiary/aromatic N) is 2. The summed E-state index contributed by atoms with van der Waals surface area (Å²) in [5, 5.41) is 7.54. The molecule has 0 N–H and O–H groups in total. The van der Waals surface area contributed by atoms with Gasteiger partial charge in [0.25, 0.3) is 0 Å². The second-order valence-corrected chi connectivity index (χ2v) is 14.2. The van der Waals surface area contributed by atoms with E-state index in [-0.39, 0.29) is 0 Å². The number of hydrogen-bond acceptors (Lipinski definition) is 0. The van der Waals surface area contributed by atoms with Gasteiger partial charge in [-0.05, 0) is 105 Å². The Morgan fingerprint density at radius 3 is 1.54 bits per heavy atom. The average molecular weight is 687 g/mol. The summed E-state index contributed by atoms with van der Waals surface area (Å²) in [5.41, 5.74) is 14.4. The zero-order valence-corrected chi connectivity index (χ0v) is 29.5. The van der Waals surface area contributed by atoms with Crippen molar-refractivity contribution in [1.82, 2.24) is 9.13 Å². The first-order valence-corrected chi connectivity index (χ1v) is 18.6. The van der Waals surface area contributed by atoms with E-state index in [0.29, 0.717) is 0 Å². The number of para-hydroxylation sites is 4. The fraction of sp³-hybridized carbons (Fsp3) is 0. The van der Waals surface area contributed by atoms with Crippen LogP contribution >= 0.6 is 0 Å². The summed E-state index contributed by atoms with van der Waals surface area (Å²) < 4.78 is 4.82. The highest BCUT2D eigenvalue weighted by molar-refractivity contribution is 6.12. The molecule has 0 amide bonds. The standard InChI is InChI=1S/C52H34N2/c1-2-17-42(18-3-1)53-49-23-10-7-20-44(49)46-33-39(27-29-51(46)53)37-15-12-16-41(32-37)43-19-6-9-22-48(43)54-50-24-11-8-21-45(50)47-34-40(28-30-52(47)54)38-26-25-35-13-4-5-14-36(35)31-38/h1-34H. The Hall–Kier alpha value is -7.16. The van der Waals surface area contributed by atoms with Gasteiger partial charge in [0, 0.05) is 32.8 Å². The van der Waals surface area contributed by atoms with Gasteiger partial charge in [-0.25, -0.2) is 0 Å². The minimum Gasteiger partial charge on any atom is -0.309 e. The fourth-order valence-electron chi connectivity index (χ4n) is 8.57. The first-order chi connectivity index (χ1) is 26.8. The molecule has 2 nitrogen and oxygen atoms in total. The molecule has 11 aromatic rings. The third-order valence-electron chi connectivity index (χ3n) is 11.1. The zero-order valence-electron chi connectivity index (χ0n) is 29.5. The first kappa shape index (κ1) is 30.5. The lowest BCUT2D eigenvalue weighted by Gasteiger charge is -2.15. The average Bonchev–Trinajstić information content (AvgIpc) is 3.76. The van der Waals surface area contributed by atoms with E-state index in [2.05, 4.69) is 215 Å². The highest BCUT2D eigenvalue weighted by Gasteiger charge is 2.18. The van der Waals surface area contributed by atoms with E-state index in [1.807, 2.05) is 0 Å². The molecular weight excluding hydrogens is 653 g/mol. The van der Waals surface area contributed by atoms with Crippen LogP contribution < -0.4 is 0 Å². The van der Waals surface area contributed by atoms with Gasteiger partial charge < -0.3 is 9.13 Å². The maximum Gasteiger partial charge on any atom is 0.0541 e. The van der Waals surface area contributed by atoms with Crippen molar-refractivity contribution < 1.29 is 0 Å². The van der Waals surface area contributed by atoms with Crippen molar-refractivity contribution >= 4 is 54.4 Å². The van der Waals surface area contributed by atoms with Gasteiger partial charge in [0.2, 0.25) is 0 Å². The van der Waals surface area contributed by atoms with Gasteiger partial charge in [0.1, 0.15) is 0 Å². The SMILES string of the molecule is c1ccc(-n2c3ccccc3c3cc(-c4cccc(-c5ccccc5-n5c6ccccc6c6cc(-c7ccc8ccccc8c7)ccc65)c4)ccc32)cc1. The van der Waals surface area contributed by atoms with Crippen molar-refractivity contribution in [2.75, 3.05) is 0 Å². The molecule has 0 bridgehead atoms. The molecular formula is C52H34N2. The molecule has 2 aromatic heterocycles. The van der Waals surface area contributed by atoms with Crippen LogP contribution in [0.5, 0.6) is 0 Å². The number of fused-ring (bicyclic) bond motifs is 7. The summed E-state index contributed by atoms with van der Waals surface area (Å²) in [7, 11) is 0. The number of aromatic nitrogens is 2. The smallest absolute Gasteiger partial charge is 0.0541 e. The van der Waals surface area contributed by atoms with Crippen molar-refractivity contribution in [2.45, 2.75) is 0 Å². The maximum absolute atomic E-state index is 2.45. The van der Waals surface area contributed by atoms with Gasteiger partial charge in [-0.3, -0.25) is 0 Å². The molecule has 0 atom stereocenters. The van der Waals surface area contributed by atoms with Gasteiger partial charge in [0.05, 0.1) is 27.8 Å². The van der Waals surface area contributed by atoms with Gasteiger partial charge >= 0.3 is 0 Å². The highest BCUT2D eigenvalue weighted by atomic mass is 15.0. The molecule has 11 rings (SSSR count). The van der Waals surface area contributed by atoms with Crippen molar-refractivity contribution in [3.63, 3.8) is 0 Å². The molecule has 0 fully saturated rings. The largest absolute Gasteiger partial charge is 0.309 e. The summed E-state index contributed by atoms with van der Waals surface area (Å²) in [5.74, 6) is 0. The summed E-state index contributed by atoms with van der Waals surface area (Å²) in [6.07, 6.45) is 0. The van der Waals surface area contributed by atoms with Crippen molar-refractivity contribution in [1.29, 1.82) is 0 Å². The Morgan fingerprint density at radius 1 is 0.259 bits per heavy atom. The monoisotopic (exact) mass is 686 g/mol. The lowest BCUT2D eigenvalue weighted by molar-refractivity contribution is 1.18. The van der Waals surface area contributed by atoms with Crippen LogP contribution in [0.2, 0.25) is 0 Å². The predicted molar refractivity (Wildman–Crippen MR) is 229 cm³/mol. The molecule has 0 aliphatic carbocycles. The zero-order chi connectivity index (χ0) is 35.6. The topological polar surface area (TPSA) is 9.86 Å². The quantitative estimate of drug-likeness (QED) is 0.171. The molecule has 0 saturated carbocycles. The van der Waals surface area contributed by atoms with Crippen molar-refractivity contribution in [3.8, 4) is 44.8 Å². The Bertz CT molecular complexity index is 3220. The van der Waals surface area contributed by atoms with Crippen molar-refractivity contribution in [2.24, 2.45) is 0 Å². The van der Waals surface area contributed by atoms with E-state index in [1.54, 1.807) is 0 Å². The summed E-state index contributed by atoms with van der Waals surface area (Å²) in [4.78, 5) is 0. The normalized spacial score (nSPS) is 11.7. The van der Waals surface area contributed by atoms with Crippen molar-refractivity contribution in [3.05, 3.63) is 206 Å². The van der Waals surface area contributed by atoms with E-state index in [4.69, 9.17) is 0 Å². The summed E-state index contributed by atoms with van der Waals surface area (Å²) in [6.45, 7) is 0. The molecule has 9 aromatic carbocycles. The lowest BCUT2D eigenvalue weighted by atomic mass is 9.97. The Balaban J connectivity index is 1.04. The summed E-state index contributed by atoms with van der Waals surface area (Å²) >= 11 is 0. The Kier molecular flexibility index (Phi) is 6.90. The molecule has 2 heterocycles. The second kappa shape index (κ2) is 12.2. The minimum absolute atomic E-state index is 1.17. The first-order valence-electron chi connectivity index (χ1n) is 18.6. The van der Waals surface area contributed by atoms with Gasteiger partial charge in [-0.15, -0.1) is 0 Å². The molecule has 0 saturated heterocycles. The highest BCUT2D eigenvalue weighted by Crippen LogP contribution is 2.40. The number of hydrogen-bond donors (Lipinski definition) is 0. The van der Waals surface area contributed by atoms with Crippen LogP contribution in [-0.4, -0.2) is 9.13 Å². The molecule has 2 heteroatoms. The molecule has 0 aliphatic heterocycles. The van der Waals surface area contributed by atoms with Crippen LogP contribution in [-0.2, 0) is 0 Å². The van der Waals surface area contributed by atoms with E-state index >= 15 is 0 Å². The number of benzene rings is 9. The van der Waals surface area contributed by atoms with Crippen LogP contribution in [0.3, 0.4) is 0 Å². The van der Waals surface area contributed by atoms with Crippen LogP contribution in [0.25, 0.3) is 99.1 Å². The van der Waals surface area contributed by atoms with Gasteiger partial charge in [0.15, 0.2) is 0 Å². The van der Waals surface area contributed by atoms with Crippen LogP contribution in [0.15, 0.2) is 206 Å². The molecule has 0 spiro atoms. The second-order valence-electron chi connectivity index (χ2n) is 14.2. The summed E-state index contributed by atoms with van der Waals surface area (Å²) in [6, 6.07) is 75.2. The molecule has 0 radical (unpaired) electrons. The molecule has 252 valence electrons. The van der Waals surface area contributed by atoms with E-state index in [0.717, 1.165) is 0 Å². The lowest BCUT2D eigenvalue weighted by Crippen LogP contribution is -1.97. The molecule has 54 heavy (non-hydrogen) atoms. The van der Waals surface area contributed by atoms with Gasteiger partial charge in [-0.2, -0.15) is 0 Å². The van der Waals surface area contributed by atoms with Crippen LogP contribution in [0.4, 0.5) is 0 Å². The van der Waals surface area contributed by atoms with Crippen LogP contribution in [0.1, 0.15) is 0 Å².